The molecule has 0 saturated heterocycles. The van der Waals surface area contributed by atoms with E-state index in [1.54, 1.807) is 7.11 Å². The molecule has 1 aromatic carbocycles. The molecule has 0 aliphatic heterocycles. The van der Waals surface area contributed by atoms with Gasteiger partial charge in [-0.1, -0.05) is 24.3 Å². The van der Waals surface area contributed by atoms with Crippen LogP contribution in [0, 0.1) is 0 Å². The molecule has 2 aromatic rings. The summed E-state index contributed by atoms with van der Waals surface area (Å²) in [5.41, 5.74) is 4.13. The molecule has 0 saturated carbocycles. The first-order valence-electron chi connectivity index (χ1n) is 7.67. The molecular weight excluding hydrogens is 262 g/mol. The van der Waals surface area contributed by atoms with Gasteiger partial charge in [0.2, 0.25) is 0 Å². The van der Waals surface area contributed by atoms with Gasteiger partial charge in [0.05, 0.1) is 6.61 Å². The van der Waals surface area contributed by atoms with Crippen LogP contribution in [0.1, 0.15) is 35.0 Å². The van der Waals surface area contributed by atoms with Crippen molar-refractivity contribution in [3.05, 3.63) is 53.1 Å². The van der Waals surface area contributed by atoms with E-state index in [9.17, 15) is 0 Å². The van der Waals surface area contributed by atoms with Gasteiger partial charge in [-0.2, -0.15) is 0 Å². The number of nitrogens with zero attached hydrogens (tertiary/aromatic N) is 1. The Labute approximate surface area is 125 Å². The zero-order valence-electron chi connectivity index (χ0n) is 12.6. The standard InChI is InChI=1S/C17H23N3O/c1-21-9-8-18-11-16-12-19-17(20-16)15-7-6-13-4-2-3-5-14(13)10-15/h2-5,12,15,18H,6-11H2,1H3,(H,19,20). The quantitative estimate of drug-likeness (QED) is 0.801. The highest BCUT2D eigenvalue weighted by atomic mass is 16.5. The number of hydrogen-bond acceptors (Lipinski definition) is 3. The molecule has 0 fully saturated rings. The van der Waals surface area contributed by atoms with Gasteiger partial charge in [-0.3, -0.25) is 0 Å². The number of methoxy groups -OCH3 is 1. The number of imidazole rings is 1. The fourth-order valence-corrected chi connectivity index (χ4v) is 3.00. The zero-order valence-corrected chi connectivity index (χ0v) is 12.6. The smallest absolute Gasteiger partial charge is 0.109 e. The van der Waals surface area contributed by atoms with Crippen molar-refractivity contribution in [1.82, 2.24) is 15.3 Å². The van der Waals surface area contributed by atoms with Gasteiger partial charge in [0, 0.05) is 38.0 Å². The highest BCUT2D eigenvalue weighted by molar-refractivity contribution is 5.31. The summed E-state index contributed by atoms with van der Waals surface area (Å²) in [7, 11) is 1.72. The minimum Gasteiger partial charge on any atom is -0.383 e. The molecule has 1 unspecified atom stereocenters. The summed E-state index contributed by atoms with van der Waals surface area (Å²) < 4.78 is 5.03. The van der Waals surface area contributed by atoms with Gasteiger partial charge in [-0.05, 0) is 30.4 Å². The van der Waals surface area contributed by atoms with E-state index in [4.69, 9.17) is 4.74 Å². The van der Waals surface area contributed by atoms with Crippen LogP contribution in [0.2, 0.25) is 0 Å². The first kappa shape index (κ1) is 14.3. The van der Waals surface area contributed by atoms with Crippen LogP contribution in [0.5, 0.6) is 0 Å². The fraction of sp³-hybridized carbons (Fsp3) is 0.471. The maximum absolute atomic E-state index is 5.03. The normalized spacial score (nSPS) is 17.7. The molecule has 4 nitrogen and oxygen atoms in total. The minimum absolute atomic E-state index is 0.521. The van der Waals surface area contributed by atoms with E-state index in [1.165, 1.54) is 17.5 Å². The summed E-state index contributed by atoms with van der Waals surface area (Å²) in [5, 5.41) is 3.34. The molecule has 1 aromatic heterocycles. The predicted octanol–water partition coefficient (Wildman–Crippen LogP) is 2.42. The van der Waals surface area contributed by atoms with Gasteiger partial charge in [-0.15, -0.1) is 0 Å². The van der Waals surface area contributed by atoms with Gasteiger partial charge in [-0.25, -0.2) is 4.98 Å². The number of ether oxygens (including phenoxy) is 1. The largest absolute Gasteiger partial charge is 0.383 e. The van der Waals surface area contributed by atoms with Crippen molar-refractivity contribution < 1.29 is 4.74 Å². The Morgan fingerprint density at radius 1 is 1.33 bits per heavy atom. The molecule has 0 bridgehead atoms. The molecule has 1 atom stereocenters. The van der Waals surface area contributed by atoms with E-state index < -0.39 is 0 Å². The second kappa shape index (κ2) is 6.87. The lowest BCUT2D eigenvalue weighted by molar-refractivity contribution is 0.199. The Hall–Kier alpha value is -1.65. The molecule has 3 rings (SSSR count). The second-order valence-corrected chi connectivity index (χ2v) is 5.67. The van der Waals surface area contributed by atoms with Crippen LogP contribution in [0.15, 0.2) is 30.5 Å². The highest BCUT2D eigenvalue weighted by Crippen LogP contribution is 2.30. The van der Waals surface area contributed by atoms with Gasteiger partial charge < -0.3 is 15.0 Å². The number of aryl methyl sites for hydroxylation is 1. The van der Waals surface area contributed by atoms with Crippen molar-refractivity contribution in [2.45, 2.75) is 31.7 Å². The molecule has 112 valence electrons. The van der Waals surface area contributed by atoms with Crippen molar-refractivity contribution >= 4 is 0 Å². The first-order chi connectivity index (χ1) is 10.4. The lowest BCUT2D eigenvalue weighted by atomic mass is 9.83. The summed E-state index contributed by atoms with van der Waals surface area (Å²) in [6.45, 7) is 2.42. The maximum Gasteiger partial charge on any atom is 0.109 e. The molecule has 1 aliphatic carbocycles. The third-order valence-electron chi connectivity index (χ3n) is 4.18. The van der Waals surface area contributed by atoms with E-state index in [-0.39, 0.29) is 0 Å². The fourth-order valence-electron chi connectivity index (χ4n) is 3.00. The monoisotopic (exact) mass is 285 g/mol. The molecule has 1 aliphatic rings. The molecule has 1 heterocycles. The van der Waals surface area contributed by atoms with Crippen LogP contribution in [0.3, 0.4) is 0 Å². The Morgan fingerprint density at radius 3 is 3.05 bits per heavy atom. The van der Waals surface area contributed by atoms with Crippen molar-refractivity contribution in [1.29, 1.82) is 0 Å². The maximum atomic E-state index is 5.03. The minimum atomic E-state index is 0.521. The molecule has 0 radical (unpaired) electrons. The third kappa shape index (κ3) is 3.52. The van der Waals surface area contributed by atoms with Crippen LogP contribution in [-0.4, -0.2) is 30.2 Å². The van der Waals surface area contributed by atoms with Crippen LogP contribution >= 0.6 is 0 Å². The lowest BCUT2D eigenvalue weighted by Gasteiger charge is -2.22. The van der Waals surface area contributed by atoms with E-state index in [0.29, 0.717) is 5.92 Å². The van der Waals surface area contributed by atoms with Crippen LogP contribution in [-0.2, 0) is 24.1 Å². The number of rotatable bonds is 6. The van der Waals surface area contributed by atoms with Gasteiger partial charge in [0.1, 0.15) is 5.82 Å². The summed E-state index contributed by atoms with van der Waals surface area (Å²) in [6, 6.07) is 8.76. The van der Waals surface area contributed by atoms with Crippen molar-refractivity contribution in [2.24, 2.45) is 0 Å². The van der Waals surface area contributed by atoms with Gasteiger partial charge in [0.25, 0.3) is 0 Å². The molecule has 0 spiro atoms. The highest BCUT2D eigenvalue weighted by Gasteiger charge is 2.21. The van der Waals surface area contributed by atoms with Gasteiger partial charge >= 0.3 is 0 Å². The zero-order chi connectivity index (χ0) is 14.5. The summed E-state index contributed by atoms with van der Waals surface area (Å²) in [5.74, 6) is 1.65. The Kier molecular flexibility index (Phi) is 4.68. The van der Waals surface area contributed by atoms with Crippen molar-refractivity contribution in [3.63, 3.8) is 0 Å². The van der Waals surface area contributed by atoms with E-state index >= 15 is 0 Å². The summed E-state index contributed by atoms with van der Waals surface area (Å²) >= 11 is 0. The molecule has 21 heavy (non-hydrogen) atoms. The number of H-pyrrole nitrogens is 1. The van der Waals surface area contributed by atoms with Gasteiger partial charge in [0.15, 0.2) is 0 Å². The predicted molar refractivity (Wildman–Crippen MR) is 83.4 cm³/mol. The van der Waals surface area contributed by atoms with Crippen LogP contribution < -0.4 is 5.32 Å². The number of aromatic nitrogens is 2. The number of benzene rings is 1. The average molecular weight is 285 g/mol. The molecule has 2 N–H and O–H groups in total. The first-order valence-corrected chi connectivity index (χ1v) is 7.67. The van der Waals surface area contributed by atoms with Crippen molar-refractivity contribution in [2.75, 3.05) is 20.3 Å². The molecule has 4 heteroatoms. The second-order valence-electron chi connectivity index (χ2n) is 5.67. The Morgan fingerprint density at radius 2 is 2.19 bits per heavy atom. The van der Waals surface area contributed by atoms with Crippen LogP contribution in [0.25, 0.3) is 0 Å². The topological polar surface area (TPSA) is 49.9 Å². The van der Waals surface area contributed by atoms with E-state index in [1.807, 2.05) is 6.20 Å². The van der Waals surface area contributed by atoms with Crippen LogP contribution in [0.4, 0.5) is 0 Å². The van der Waals surface area contributed by atoms with E-state index in [0.717, 1.165) is 44.1 Å². The number of aromatic amines is 1. The van der Waals surface area contributed by atoms with E-state index in [2.05, 4.69) is 39.6 Å². The average Bonchev–Trinajstić information content (AvgIpc) is 3.00. The summed E-state index contributed by atoms with van der Waals surface area (Å²) in [4.78, 5) is 8.06. The third-order valence-corrected chi connectivity index (χ3v) is 4.18. The summed E-state index contributed by atoms with van der Waals surface area (Å²) in [6.07, 6.45) is 5.39. The SMILES string of the molecule is COCCNCc1cnc(C2CCc3ccccc3C2)[nH]1. The van der Waals surface area contributed by atoms with Crippen molar-refractivity contribution in [3.8, 4) is 0 Å². The lowest BCUT2D eigenvalue weighted by Crippen LogP contribution is -2.19. The number of fused-ring (bicyclic) bond motifs is 1. The number of hydrogen-bond donors (Lipinski definition) is 2. The Bertz CT molecular complexity index is 579. The Balaban J connectivity index is 1.59. The molecular formula is C17H23N3O. The number of nitrogens with one attached hydrogen (secondary N) is 2. The molecule has 0 amide bonds.